The minimum atomic E-state index is -0.422. The molecular formula is C20H20N2O5S. The summed E-state index contributed by atoms with van der Waals surface area (Å²) in [5, 5.41) is 5.18. The molecule has 1 aromatic carbocycles. The van der Waals surface area contributed by atoms with Crippen LogP contribution in [0.25, 0.3) is 0 Å². The third kappa shape index (κ3) is 3.60. The fraction of sp³-hybridized carbons (Fsp3) is 0.350. The molecule has 1 N–H and O–H groups in total. The highest BCUT2D eigenvalue weighted by Gasteiger charge is 2.33. The van der Waals surface area contributed by atoms with E-state index in [1.165, 1.54) is 16.2 Å². The average molecular weight is 400 g/mol. The molecule has 0 saturated heterocycles. The van der Waals surface area contributed by atoms with Crippen molar-refractivity contribution in [2.24, 2.45) is 0 Å². The van der Waals surface area contributed by atoms with Crippen LogP contribution in [0, 0.1) is 0 Å². The number of carbonyl (C=O) groups is 3. The van der Waals surface area contributed by atoms with E-state index in [0.29, 0.717) is 27.9 Å². The summed E-state index contributed by atoms with van der Waals surface area (Å²) in [6.07, 6.45) is 2.07. The van der Waals surface area contributed by atoms with Crippen molar-refractivity contribution in [2.75, 3.05) is 30.0 Å². The first kappa shape index (κ1) is 18.5. The van der Waals surface area contributed by atoms with Gasteiger partial charge in [0.25, 0.3) is 5.91 Å². The molecule has 2 amide bonds. The van der Waals surface area contributed by atoms with Crippen LogP contribution in [0.4, 0.5) is 10.7 Å². The largest absolute Gasteiger partial charge is 0.482 e. The minimum Gasteiger partial charge on any atom is -0.482 e. The molecule has 2 aromatic rings. The lowest BCUT2D eigenvalue weighted by Crippen LogP contribution is -2.43. The third-order valence-electron chi connectivity index (χ3n) is 4.68. The summed E-state index contributed by atoms with van der Waals surface area (Å²) in [6.45, 7) is 1.76. The highest BCUT2D eigenvalue weighted by molar-refractivity contribution is 7.15. The highest BCUT2D eigenvalue weighted by atomic mass is 32.1. The van der Waals surface area contributed by atoms with E-state index in [0.717, 1.165) is 18.4 Å². The van der Waals surface area contributed by atoms with E-state index in [1.54, 1.807) is 25.1 Å². The quantitative estimate of drug-likeness (QED) is 0.753. The number of amides is 2. The molecule has 7 nitrogen and oxygen atoms in total. The number of ether oxygens (including phenoxy) is 2. The Bertz CT molecular complexity index is 934. The predicted molar refractivity (Wildman–Crippen MR) is 105 cm³/mol. The van der Waals surface area contributed by atoms with Crippen LogP contribution in [0.1, 0.15) is 41.6 Å². The van der Waals surface area contributed by atoms with Crippen molar-refractivity contribution < 1.29 is 23.9 Å². The number of esters is 1. The summed E-state index contributed by atoms with van der Waals surface area (Å²) >= 11 is 1.31. The van der Waals surface area contributed by atoms with Gasteiger partial charge in [-0.2, -0.15) is 0 Å². The molecule has 8 heteroatoms. The SMILES string of the molecule is CCOC(=O)c1c(C2CC2)csc1NC(=O)CN1C(=O)COc2ccccc21. The first-order chi connectivity index (χ1) is 13.6. The average Bonchev–Trinajstić information content (AvgIpc) is 3.45. The van der Waals surface area contributed by atoms with E-state index >= 15 is 0 Å². The maximum absolute atomic E-state index is 12.7. The normalized spacial score (nSPS) is 15.6. The lowest BCUT2D eigenvalue weighted by molar-refractivity contribution is -0.123. The van der Waals surface area contributed by atoms with Crippen LogP contribution in [-0.4, -0.2) is 37.5 Å². The van der Waals surface area contributed by atoms with Gasteiger partial charge in [-0.3, -0.25) is 14.5 Å². The summed E-state index contributed by atoms with van der Waals surface area (Å²) in [5.41, 5.74) is 1.94. The second-order valence-electron chi connectivity index (χ2n) is 6.67. The molecule has 1 aliphatic heterocycles. The van der Waals surface area contributed by atoms with Crippen LogP contribution in [0.5, 0.6) is 5.75 Å². The van der Waals surface area contributed by atoms with E-state index < -0.39 is 5.97 Å². The lowest BCUT2D eigenvalue weighted by Gasteiger charge is -2.28. The van der Waals surface area contributed by atoms with Gasteiger partial charge in [-0.1, -0.05) is 12.1 Å². The Morgan fingerprint density at radius 2 is 2.11 bits per heavy atom. The van der Waals surface area contributed by atoms with Crippen LogP contribution in [0.15, 0.2) is 29.6 Å². The van der Waals surface area contributed by atoms with Gasteiger partial charge in [0.15, 0.2) is 6.61 Å². The summed E-state index contributed by atoms with van der Waals surface area (Å²) in [5.74, 6) is -0.166. The monoisotopic (exact) mass is 400 g/mol. The molecule has 2 aliphatic rings. The topological polar surface area (TPSA) is 84.9 Å². The number of fused-ring (bicyclic) bond motifs is 1. The summed E-state index contributed by atoms with van der Waals surface area (Å²) in [6, 6.07) is 7.09. The molecule has 2 heterocycles. The Morgan fingerprint density at radius 3 is 2.86 bits per heavy atom. The molecule has 1 fully saturated rings. The van der Waals surface area contributed by atoms with Crippen molar-refractivity contribution in [3.05, 3.63) is 40.8 Å². The molecule has 0 radical (unpaired) electrons. The standard InChI is InChI=1S/C20H20N2O5S/c1-2-26-20(25)18-13(12-7-8-12)11-28-19(18)21-16(23)9-22-14-5-3-4-6-15(14)27-10-17(22)24/h3-6,11-12H,2,7-10H2,1H3,(H,21,23). The molecule has 146 valence electrons. The fourth-order valence-corrected chi connectivity index (χ4v) is 4.26. The fourth-order valence-electron chi connectivity index (χ4n) is 3.21. The van der Waals surface area contributed by atoms with Crippen LogP contribution in [0.2, 0.25) is 0 Å². The van der Waals surface area contributed by atoms with Gasteiger partial charge < -0.3 is 14.8 Å². The van der Waals surface area contributed by atoms with Crippen molar-refractivity contribution in [1.29, 1.82) is 0 Å². The number of hydrogen-bond donors (Lipinski definition) is 1. The molecule has 1 saturated carbocycles. The zero-order chi connectivity index (χ0) is 19.7. The second-order valence-corrected chi connectivity index (χ2v) is 7.55. The second kappa shape index (κ2) is 7.63. The molecular weight excluding hydrogens is 380 g/mol. The smallest absolute Gasteiger partial charge is 0.341 e. The van der Waals surface area contributed by atoms with Crippen LogP contribution >= 0.6 is 11.3 Å². The highest BCUT2D eigenvalue weighted by Crippen LogP contribution is 2.46. The maximum Gasteiger partial charge on any atom is 0.341 e. The Labute approximate surface area is 166 Å². The third-order valence-corrected chi connectivity index (χ3v) is 5.59. The van der Waals surface area contributed by atoms with Crippen molar-refractivity contribution in [3.8, 4) is 5.75 Å². The molecule has 1 aromatic heterocycles. The van der Waals surface area contributed by atoms with E-state index in [1.807, 2.05) is 11.4 Å². The van der Waals surface area contributed by atoms with Gasteiger partial charge in [0, 0.05) is 0 Å². The van der Waals surface area contributed by atoms with Gasteiger partial charge in [-0.05, 0) is 48.8 Å². The van der Waals surface area contributed by atoms with Gasteiger partial charge >= 0.3 is 5.97 Å². The lowest BCUT2D eigenvalue weighted by atomic mass is 10.1. The number of para-hydroxylation sites is 2. The molecule has 0 spiro atoms. The minimum absolute atomic E-state index is 0.108. The van der Waals surface area contributed by atoms with Crippen molar-refractivity contribution in [3.63, 3.8) is 0 Å². The van der Waals surface area contributed by atoms with Gasteiger partial charge in [-0.25, -0.2) is 4.79 Å². The number of nitrogens with zero attached hydrogens (tertiary/aromatic N) is 1. The Morgan fingerprint density at radius 1 is 1.32 bits per heavy atom. The van der Waals surface area contributed by atoms with Crippen LogP contribution < -0.4 is 15.0 Å². The van der Waals surface area contributed by atoms with Crippen molar-refractivity contribution in [2.45, 2.75) is 25.7 Å². The first-order valence-electron chi connectivity index (χ1n) is 9.19. The number of anilines is 2. The van der Waals surface area contributed by atoms with E-state index in [4.69, 9.17) is 9.47 Å². The number of nitrogens with one attached hydrogen (secondary N) is 1. The predicted octanol–water partition coefficient (Wildman–Crippen LogP) is 3.17. The van der Waals surface area contributed by atoms with Crippen LogP contribution in [-0.2, 0) is 14.3 Å². The zero-order valence-corrected chi connectivity index (χ0v) is 16.2. The summed E-state index contributed by atoms with van der Waals surface area (Å²) < 4.78 is 10.6. The number of thiophene rings is 1. The number of benzene rings is 1. The van der Waals surface area contributed by atoms with E-state index in [-0.39, 0.29) is 31.6 Å². The molecule has 1 aliphatic carbocycles. The molecule has 0 bridgehead atoms. The molecule has 28 heavy (non-hydrogen) atoms. The molecule has 4 rings (SSSR count). The molecule has 0 unspecified atom stereocenters. The van der Waals surface area contributed by atoms with Gasteiger partial charge in [-0.15, -0.1) is 11.3 Å². The summed E-state index contributed by atoms with van der Waals surface area (Å²) in [4.78, 5) is 38.7. The van der Waals surface area contributed by atoms with E-state index in [2.05, 4.69) is 5.32 Å². The number of rotatable bonds is 6. The summed E-state index contributed by atoms with van der Waals surface area (Å²) in [7, 11) is 0. The maximum atomic E-state index is 12.7. The van der Waals surface area contributed by atoms with Crippen molar-refractivity contribution >= 4 is 39.8 Å². The Balaban J connectivity index is 1.53. The first-order valence-corrected chi connectivity index (χ1v) is 10.1. The van der Waals surface area contributed by atoms with Gasteiger partial charge in [0.05, 0.1) is 17.9 Å². The van der Waals surface area contributed by atoms with Gasteiger partial charge in [0.1, 0.15) is 17.3 Å². The number of carbonyl (C=O) groups excluding carboxylic acids is 3. The van der Waals surface area contributed by atoms with Gasteiger partial charge in [0.2, 0.25) is 5.91 Å². The molecule has 0 atom stereocenters. The zero-order valence-electron chi connectivity index (χ0n) is 15.4. The van der Waals surface area contributed by atoms with Crippen molar-refractivity contribution in [1.82, 2.24) is 0 Å². The Hall–Kier alpha value is -2.87. The van der Waals surface area contributed by atoms with Crippen LogP contribution in [0.3, 0.4) is 0 Å². The van der Waals surface area contributed by atoms with E-state index in [9.17, 15) is 14.4 Å². The number of hydrogen-bond acceptors (Lipinski definition) is 6. The Kier molecular flexibility index (Phi) is 5.04.